The number of carboxylic acids is 1. The second-order valence-corrected chi connectivity index (χ2v) is 31.7. The fourth-order valence-electron chi connectivity index (χ4n) is 14.8. The Balaban J connectivity index is 1.13. The van der Waals surface area contributed by atoms with E-state index in [0.717, 1.165) is 72.4 Å². The lowest BCUT2D eigenvalue weighted by atomic mass is 9.79. The van der Waals surface area contributed by atoms with Gasteiger partial charge in [-0.1, -0.05) is 79.2 Å². The highest BCUT2D eigenvalue weighted by Crippen LogP contribution is 2.51. The molecule has 36 nitrogen and oxygen atoms in total. The number of carbonyl (C=O) groups excluding carboxylic acids is 8. The Kier molecular flexibility index (Phi) is 28.2. The number of carboxylic acid groups (broad SMARTS) is 1. The number of fused-ring (bicyclic) bond motifs is 15. The van der Waals surface area contributed by atoms with Crippen molar-refractivity contribution in [2.45, 2.75) is 181 Å². The van der Waals surface area contributed by atoms with E-state index in [9.17, 15) is 80.5 Å². The molecule has 0 radical (unpaired) electrons. The number of nitrogens with two attached hydrogens (primary N) is 1. The second kappa shape index (κ2) is 37.4. The molecule has 0 aromatic heterocycles. The number of hydrogen-bond acceptors (Lipinski definition) is 29. The van der Waals surface area contributed by atoms with Crippen molar-refractivity contribution < 1.29 is 133 Å². The minimum Gasteiger partial charge on any atom is -0.512 e. The zero-order valence-corrected chi connectivity index (χ0v) is 65.7. The molecule has 7 heterocycles. The van der Waals surface area contributed by atoms with E-state index in [0.29, 0.717) is 23.5 Å². The predicted molar refractivity (Wildman–Crippen MR) is 413 cm³/mol. The number of primary amides is 1. The average Bonchev–Trinajstić information content (AvgIpc) is 0.748. The number of phenolic OH excluding ortho intramolecular Hbond substituents is 2. The number of amides is 7. The third kappa shape index (κ3) is 19.5. The molecule has 11 bridgehead atoms. The van der Waals surface area contributed by atoms with Crippen LogP contribution in [0.4, 0.5) is 0 Å². The first kappa shape index (κ1) is 88.0. The number of benzene rings is 5. The maximum absolute atomic E-state index is 16.3. The van der Waals surface area contributed by atoms with Gasteiger partial charge in [-0.05, 0) is 126 Å². The molecule has 630 valence electrons. The van der Waals surface area contributed by atoms with Crippen LogP contribution >= 0.6 is 35.0 Å². The number of allylic oxidation sites excluding steroid dienone is 3. The van der Waals surface area contributed by atoms with Crippen molar-refractivity contribution in [1.29, 1.82) is 0 Å². The number of thioether (sulfide) groups is 1. The lowest BCUT2D eigenvalue weighted by molar-refractivity contribution is -0.341. The molecule has 8 aliphatic rings. The first-order valence-electron chi connectivity index (χ1n) is 37.2. The van der Waals surface area contributed by atoms with E-state index in [1.807, 2.05) is 0 Å². The Hall–Kier alpha value is -9.78. The Morgan fingerprint density at radius 1 is 0.709 bits per heavy atom. The number of aliphatic hydroxyl groups is 9. The molecule has 0 spiro atoms. The number of aromatic hydroxyl groups is 2. The molecule has 22 N–H and O–H groups in total. The molecular formula is C78H91Cl2N9O27S. The average molecular weight is 1690 g/mol. The van der Waals surface area contributed by atoms with E-state index in [1.165, 1.54) is 33.0 Å². The number of rotatable bonds is 21. The zero-order valence-electron chi connectivity index (χ0n) is 63.4. The van der Waals surface area contributed by atoms with Crippen LogP contribution < -0.4 is 62.5 Å². The molecule has 7 aliphatic heterocycles. The molecular weight excluding hydrogens is 1600 g/mol. The largest absolute Gasteiger partial charge is 0.512 e. The molecule has 39 heteroatoms. The van der Waals surface area contributed by atoms with Crippen LogP contribution in [0, 0.1) is 5.92 Å². The molecule has 1 unspecified atom stereocenters. The third-order valence-electron chi connectivity index (χ3n) is 21.0. The molecule has 7 amide bonds. The number of aliphatic carboxylic acids is 1. The van der Waals surface area contributed by atoms with E-state index in [-0.39, 0.29) is 53.1 Å². The van der Waals surface area contributed by atoms with Gasteiger partial charge in [0.05, 0.1) is 53.4 Å². The minimum absolute atomic E-state index is 0.0320. The van der Waals surface area contributed by atoms with Crippen LogP contribution in [0.25, 0.3) is 0 Å². The van der Waals surface area contributed by atoms with Gasteiger partial charge in [0.25, 0.3) is 0 Å². The van der Waals surface area contributed by atoms with E-state index in [1.54, 1.807) is 38.1 Å². The van der Waals surface area contributed by atoms with Crippen LogP contribution in [0.2, 0.25) is 10.0 Å². The molecule has 2 fully saturated rings. The van der Waals surface area contributed by atoms with Gasteiger partial charge in [-0.3, -0.25) is 43.7 Å². The Labute approximate surface area is 682 Å². The number of halogens is 2. The summed E-state index contributed by atoms with van der Waals surface area (Å²) in [5.41, 5.74) is 1.78. The van der Waals surface area contributed by atoms with Crippen LogP contribution in [0.1, 0.15) is 129 Å². The molecule has 20 atom stereocenters. The van der Waals surface area contributed by atoms with Gasteiger partial charge < -0.3 is 133 Å². The monoisotopic (exact) mass is 1690 g/mol. The summed E-state index contributed by atoms with van der Waals surface area (Å²) in [7, 11) is 1.31. The molecule has 13 rings (SSSR count). The number of aliphatic hydroxyl groups excluding tert-OH is 9. The van der Waals surface area contributed by atoms with Crippen molar-refractivity contribution in [3.63, 3.8) is 0 Å². The third-order valence-corrected chi connectivity index (χ3v) is 22.5. The van der Waals surface area contributed by atoms with Gasteiger partial charge in [-0.15, -0.1) is 0 Å². The molecule has 5 aromatic rings. The summed E-state index contributed by atoms with van der Waals surface area (Å²) in [6.07, 6.45) is -21.3. The van der Waals surface area contributed by atoms with Gasteiger partial charge in [0.1, 0.15) is 137 Å². The highest BCUT2D eigenvalue weighted by atomic mass is 35.5. The number of phenols is 2. The lowest BCUT2D eigenvalue weighted by Gasteiger charge is -2.51. The molecule has 0 saturated carbocycles. The summed E-state index contributed by atoms with van der Waals surface area (Å²) in [6.45, 7) is 4.46. The van der Waals surface area contributed by atoms with Gasteiger partial charge in [0, 0.05) is 43.8 Å². The van der Waals surface area contributed by atoms with Gasteiger partial charge in [-0.25, -0.2) is 4.79 Å². The fraction of sp³-hybridized carbons (Fsp3) is 0.449. The van der Waals surface area contributed by atoms with Gasteiger partial charge in [0.15, 0.2) is 17.4 Å². The van der Waals surface area contributed by atoms with Crippen molar-refractivity contribution in [3.05, 3.63) is 157 Å². The number of carbonyl (C=O) groups is 9. The van der Waals surface area contributed by atoms with Gasteiger partial charge >= 0.3 is 5.97 Å². The predicted octanol–water partition coefficient (Wildman–Crippen LogP) is 1.08. The Morgan fingerprint density at radius 3 is 1.97 bits per heavy atom. The van der Waals surface area contributed by atoms with Crippen molar-refractivity contribution in [2.24, 2.45) is 11.7 Å². The van der Waals surface area contributed by atoms with Crippen molar-refractivity contribution in [1.82, 2.24) is 42.5 Å². The topological polar surface area (TPSA) is 574 Å². The van der Waals surface area contributed by atoms with Crippen molar-refractivity contribution in [3.8, 4) is 40.2 Å². The fourth-order valence-corrected chi connectivity index (χ4v) is 15.9. The van der Waals surface area contributed by atoms with E-state index < -0.39 is 261 Å². The quantitative estimate of drug-likeness (QED) is 0.0457. The van der Waals surface area contributed by atoms with E-state index in [4.69, 9.17) is 57.4 Å². The minimum atomic E-state index is -2.40. The van der Waals surface area contributed by atoms with Crippen molar-refractivity contribution in [2.75, 3.05) is 32.6 Å². The van der Waals surface area contributed by atoms with E-state index >= 15 is 24.0 Å². The summed E-state index contributed by atoms with van der Waals surface area (Å²) >= 11 is 15.5. The van der Waals surface area contributed by atoms with Crippen LogP contribution in [-0.2, 0) is 63.9 Å². The highest BCUT2D eigenvalue weighted by molar-refractivity contribution is 8.13. The van der Waals surface area contributed by atoms with Crippen LogP contribution in [0.5, 0.6) is 40.2 Å². The van der Waals surface area contributed by atoms with E-state index in [2.05, 4.69) is 42.5 Å². The number of ether oxygens (including phenoxy) is 6. The normalized spacial score (nSPS) is 29.0. The Bertz CT molecular complexity index is 4700. The summed E-state index contributed by atoms with van der Waals surface area (Å²) < 4.78 is 38.9. The number of likely N-dealkylation sites (N-methyl/N-ethyl adjacent to an activating group) is 1. The van der Waals surface area contributed by atoms with Crippen LogP contribution in [-0.4, -0.2) is 231 Å². The summed E-state index contributed by atoms with van der Waals surface area (Å²) in [5, 5.41) is 161. The van der Waals surface area contributed by atoms with Gasteiger partial charge in [-0.2, -0.15) is 0 Å². The number of nitrogens with one attached hydrogen (secondary N) is 8. The molecule has 5 aromatic carbocycles. The molecule has 1 aliphatic carbocycles. The first-order chi connectivity index (χ1) is 55.5. The lowest BCUT2D eigenvalue weighted by Crippen LogP contribution is -2.72. The zero-order chi connectivity index (χ0) is 84.9. The molecule has 2 saturated heterocycles. The van der Waals surface area contributed by atoms with Gasteiger partial charge in [0.2, 0.25) is 41.4 Å². The number of hydrogen-bond donors (Lipinski definition) is 21. The summed E-state index contributed by atoms with van der Waals surface area (Å²) in [5.74, 6) is -15.9. The van der Waals surface area contributed by atoms with Crippen LogP contribution in [0.15, 0.2) is 108 Å². The maximum Gasteiger partial charge on any atom is 0.330 e. The highest BCUT2D eigenvalue weighted by Gasteiger charge is 2.57. The summed E-state index contributed by atoms with van der Waals surface area (Å²) in [4.78, 5) is 130. The SMILES string of the molecule is CNC(=O)[C@@H](CC(C)C)N[C@H]1C(=O)N[C@@H](CC(N)=O)C(=O)N[C@H]2C(=O)N[C@H]3C(=O)N[C@H](C(=O)N[C@@H](C(=O)O)c4cc(O)cc(O)c4C4CC3=CC=C4O)[C@H](O)c3ccc(c(Cl)c3)Oc3cc2cc(c3[C@@H]2O[C@H](CO)[C@@H](O)[C@H](O)[C@H]2O[C@H]2O[C@@H](CO)[C@@H](O)[C@](C)(NCc3cccc(OCCCSC(C)=O)c3)[C@@H]2O)Oc2ccc(cc2Cl)[C@H]1O. The van der Waals surface area contributed by atoms with Crippen molar-refractivity contribution >= 4 is 87.4 Å². The van der Waals surface area contributed by atoms with Crippen LogP contribution in [0.3, 0.4) is 0 Å². The Morgan fingerprint density at radius 2 is 1.36 bits per heavy atom. The maximum atomic E-state index is 16.3. The molecule has 117 heavy (non-hydrogen) atoms. The first-order valence-corrected chi connectivity index (χ1v) is 38.9. The summed E-state index contributed by atoms with van der Waals surface area (Å²) in [6, 6.07) is 2.80. The smallest absolute Gasteiger partial charge is 0.330 e. The second-order valence-electron chi connectivity index (χ2n) is 29.6. The standard InChI is InChI=1S/C78H91Cl2N9O27S/c1-31(2)18-44(70(103)82-5)84-60-62(97)35-11-14-48(42(79)21-35)112-50-23-37-24-51(56(50)66-67(65(100)64(99)52(29-90)114-66)116-77-69(102)78(4,68(101)53(30-91)115-77)83-28-33-8-6-9-39(19-33)111-16-7-17-117-32(3)92)113-49-15-12-36(22-43(49)80)63(98)61-75(108)88-59(76(109)110)41-25-38(93)26-47(95)55(41)40-20-34(10-13-46(40)94)57(72(105)89-61)87-73(106)58(37)86-71(104)45(27-54(81)96)85-74(60)107/h6,8-15,19,21-26,31,40,44-45,52-53,57-69,77,83-84,90-91,93-95,97-102H,7,16-18,20,27-30H2,1-5H3,(H2,81,96)(H,82,103)(H,85,107)(H,86,104)(H,87,106)(H,88,108)(H,89,105)(H,109,110)/t40?,44-,45+,52-,53+,57-,58-,59-,60-,61+,62-,63-,64-,65+,66+,67-,68-,69-,77-,78+/m1/s1.